The van der Waals surface area contributed by atoms with Crippen LogP contribution in [0.3, 0.4) is 0 Å². The molecule has 2 heterocycles. The Morgan fingerprint density at radius 2 is 2.33 bits per heavy atom. The van der Waals surface area contributed by atoms with Crippen molar-refractivity contribution in [2.45, 2.75) is 25.8 Å². The van der Waals surface area contributed by atoms with Gasteiger partial charge in [-0.1, -0.05) is 12.1 Å². The fraction of sp³-hybridized carbons (Fsp3) is 0.417. The minimum absolute atomic E-state index is 0.00561. The number of hydrogen-bond acceptors (Lipinski definition) is 6. The zero-order valence-corrected chi connectivity index (χ0v) is 10.2. The van der Waals surface area contributed by atoms with E-state index in [2.05, 4.69) is 15.1 Å². The lowest BCUT2D eigenvalue weighted by molar-refractivity contribution is 0.259. The zero-order chi connectivity index (χ0) is 13.0. The van der Waals surface area contributed by atoms with Gasteiger partial charge >= 0.3 is 0 Å². The van der Waals surface area contributed by atoms with Crippen LogP contribution in [0.1, 0.15) is 30.8 Å². The molecule has 0 spiro atoms. The molecule has 0 saturated carbocycles. The predicted octanol–water partition coefficient (Wildman–Crippen LogP) is 1.08. The molecular formula is C12H16N4O2. The Bertz CT molecular complexity index is 512. The third kappa shape index (κ3) is 2.55. The Labute approximate surface area is 105 Å². The van der Waals surface area contributed by atoms with Crippen LogP contribution in [0.25, 0.3) is 11.4 Å². The molecule has 6 nitrogen and oxygen atoms in total. The molecule has 2 rings (SSSR count). The van der Waals surface area contributed by atoms with E-state index >= 15 is 0 Å². The Balaban J connectivity index is 2.29. The summed E-state index contributed by atoms with van der Waals surface area (Å²) in [6, 6.07) is 1.42. The normalized spacial score (nSPS) is 12.6. The van der Waals surface area contributed by atoms with Gasteiger partial charge in [-0.2, -0.15) is 4.98 Å². The first-order valence-electron chi connectivity index (χ1n) is 5.89. The van der Waals surface area contributed by atoms with Crippen molar-refractivity contribution in [1.29, 1.82) is 0 Å². The molecule has 0 aliphatic heterocycles. The molecule has 0 aromatic carbocycles. The molecule has 0 aliphatic rings. The molecule has 0 amide bonds. The van der Waals surface area contributed by atoms with Crippen LogP contribution in [-0.2, 0) is 6.42 Å². The van der Waals surface area contributed by atoms with Gasteiger partial charge in [0.05, 0.1) is 6.04 Å². The van der Waals surface area contributed by atoms with Gasteiger partial charge in [0.2, 0.25) is 11.7 Å². The highest BCUT2D eigenvalue weighted by Crippen LogP contribution is 2.22. The summed E-state index contributed by atoms with van der Waals surface area (Å²) in [6.45, 7) is 2.04. The van der Waals surface area contributed by atoms with E-state index < -0.39 is 6.04 Å². The van der Waals surface area contributed by atoms with Crippen molar-refractivity contribution >= 4 is 0 Å². The van der Waals surface area contributed by atoms with E-state index in [1.807, 2.05) is 13.0 Å². The summed E-state index contributed by atoms with van der Waals surface area (Å²) in [5.74, 6) is 0.857. The standard InChI is InChI=1S/C12H16N4O2/c1-2-8-7-14-5-3-9(8)11-15-12(18-16-11)10(13)4-6-17/h3,5,7,10,17H,2,4,6,13H2,1H3. The highest BCUT2D eigenvalue weighted by atomic mass is 16.5. The quantitative estimate of drug-likeness (QED) is 0.821. The molecule has 6 heteroatoms. The smallest absolute Gasteiger partial charge is 0.243 e. The SMILES string of the molecule is CCc1cnccc1-c1noc(C(N)CCO)n1. The van der Waals surface area contributed by atoms with Crippen LogP contribution in [0.2, 0.25) is 0 Å². The Morgan fingerprint density at radius 3 is 3.06 bits per heavy atom. The van der Waals surface area contributed by atoms with E-state index in [9.17, 15) is 0 Å². The maximum Gasteiger partial charge on any atom is 0.243 e. The van der Waals surface area contributed by atoms with Crippen LogP contribution < -0.4 is 5.73 Å². The monoisotopic (exact) mass is 248 g/mol. The van der Waals surface area contributed by atoms with Gasteiger partial charge in [-0.15, -0.1) is 0 Å². The minimum atomic E-state index is -0.428. The summed E-state index contributed by atoms with van der Waals surface area (Å²) in [7, 11) is 0. The second-order valence-corrected chi connectivity index (χ2v) is 3.96. The van der Waals surface area contributed by atoms with E-state index in [4.69, 9.17) is 15.4 Å². The summed E-state index contributed by atoms with van der Waals surface area (Å²) < 4.78 is 5.12. The molecule has 2 aromatic heterocycles. The molecule has 0 aliphatic carbocycles. The van der Waals surface area contributed by atoms with Crippen LogP contribution >= 0.6 is 0 Å². The number of nitrogens with two attached hydrogens (primary N) is 1. The minimum Gasteiger partial charge on any atom is -0.396 e. The molecule has 1 unspecified atom stereocenters. The van der Waals surface area contributed by atoms with Crippen molar-refractivity contribution in [3.05, 3.63) is 29.9 Å². The first kappa shape index (κ1) is 12.7. The van der Waals surface area contributed by atoms with Gasteiger partial charge in [-0.25, -0.2) is 0 Å². The average Bonchev–Trinajstić information content (AvgIpc) is 2.88. The molecule has 0 saturated heterocycles. The van der Waals surface area contributed by atoms with Crippen molar-refractivity contribution in [1.82, 2.24) is 15.1 Å². The zero-order valence-electron chi connectivity index (χ0n) is 10.2. The van der Waals surface area contributed by atoms with Crippen molar-refractivity contribution in [3.63, 3.8) is 0 Å². The second kappa shape index (κ2) is 5.70. The summed E-state index contributed by atoms with van der Waals surface area (Å²) in [4.78, 5) is 8.34. The fourth-order valence-corrected chi connectivity index (χ4v) is 1.68. The van der Waals surface area contributed by atoms with Gasteiger partial charge in [0, 0.05) is 24.6 Å². The highest BCUT2D eigenvalue weighted by Gasteiger charge is 2.16. The molecule has 96 valence electrons. The number of aliphatic hydroxyl groups excluding tert-OH is 1. The fourth-order valence-electron chi connectivity index (χ4n) is 1.68. The first-order chi connectivity index (χ1) is 8.76. The van der Waals surface area contributed by atoms with Gasteiger partial charge in [-0.05, 0) is 24.5 Å². The predicted molar refractivity (Wildman–Crippen MR) is 65.5 cm³/mol. The molecule has 0 radical (unpaired) electrons. The second-order valence-electron chi connectivity index (χ2n) is 3.96. The van der Waals surface area contributed by atoms with E-state index in [0.717, 1.165) is 17.5 Å². The Morgan fingerprint density at radius 1 is 1.50 bits per heavy atom. The van der Waals surface area contributed by atoms with Crippen molar-refractivity contribution in [2.24, 2.45) is 5.73 Å². The summed E-state index contributed by atoms with van der Waals surface area (Å²) in [5.41, 5.74) is 7.76. The average molecular weight is 248 g/mol. The van der Waals surface area contributed by atoms with Gasteiger partial charge in [-0.3, -0.25) is 4.98 Å². The summed E-state index contributed by atoms with van der Waals surface area (Å²) in [5, 5.41) is 12.7. The lowest BCUT2D eigenvalue weighted by Gasteiger charge is -2.02. The molecular weight excluding hydrogens is 232 g/mol. The highest BCUT2D eigenvalue weighted by molar-refractivity contribution is 5.58. The van der Waals surface area contributed by atoms with E-state index in [0.29, 0.717) is 18.1 Å². The van der Waals surface area contributed by atoms with Gasteiger partial charge in [0.25, 0.3) is 0 Å². The lowest BCUT2D eigenvalue weighted by atomic mass is 10.1. The van der Waals surface area contributed by atoms with Crippen LogP contribution in [0.15, 0.2) is 23.0 Å². The van der Waals surface area contributed by atoms with Crippen molar-refractivity contribution < 1.29 is 9.63 Å². The van der Waals surface area contributed by atoms with Crippen molar-refractivity contribution in [3.8, 4) is 11.4 Å². The molecule has 3 N–H and O–H groups in total. The van der Waals surface area contributed by atoms with E-state index in [-0.39, 0.29) is 6.61 Å². The van der Waals surface area contributed by atoms with Crippen molar-refractivity contribution in [2.75, 3.05) is 6.61 Å². The van der Waals surface area contributed by atoms with Gasteiger partial charge in [0.15, 0.2) is 0 Å². The maximum atomic E-state index is 8.83. The van der Waals surface area contributed by atoms with Crippen LogP contribution in [0, 0.1) is 0 Å². The molecule has 0 fully saturated rings. The number of aryl methyl sites for hydroxylation is 1. The van der Waals surface area contributed by atoms with Crippen LogP contribution in [0.5, 0.6) is 0 Å². The van der Waals surface area contributed by atoms with E-state index in [1.165, 1.54) is 0 Å². The van der Waals surface area contributed by atoms with Crippen LogP contribution in [-0.4, -0.2) is 26.8 Å². The van der Waals surface area contributed by atoms with Gasteiger partial charge < -0.3 is 15.4 Å². The molecule has 18 heavy (non-hydrogen) atoms. The number of pyridine rings is 1. The topological polar surface area (TPSA) is 98.1 Å². The third-order valence-corrected chi connectivity index (χ3v) is 2.72. The Kier molecular flexibility index (Phi) is 4.01. The Hall–Kier alpha value is -1.79. The van der Waals surface area contributed by atoms with E-state index in [1.54, 1.807) is 12.4 Å². The third-order valence-electron chi connectivity index (χ3n) is 2.72. The van der Waals surface area contributed by atoms with Gasteiger partial charge in [0.1, 0.15) is 0 Å². The number of rotatable bonds is 5. The number of aromatic nitrogens is 3. The summed E-state index contributed by atoms with van der Waals surface area (Å²) in [6.07, 6.45) is 4.73. The molecule has 0 bridgehead atoms. The largest absolute Gasteiger partial charge is 0.396 e. The molecule has 2 aromatic rings. The number of hydrogen-bond donors (Lipinski definition) is 2. The number of nitrogens with zero attached hydrogens (tertiary/aromatic N) is 3. The summed E-state index contributed by atoms with van der Waals surface area (Å²) >= 11 is 0. The van der Waals surface area contributed by atoms with Crippen LogP contribution in [0.4, 0.5) is 0 Å². The lowest BCUT2D eigenvalue weighted by Crippen LogP contribution is -2.12. The molecule has 1 atom stereocenters. The number of aliphatic hydroxyl groups is 1. The maximum absolute atomic E-state index is 8.83. The first-order valence-corrected chi connectivity index (χ1v) is 5.89.